The van der Waals surface area contributed by atoms with Crippen molar-refractivity contribution in [2.24, 2.45) is 0 Å². The third-order valence-electron chi connectivity index (χ3n) is 3.22. The maximum atomic E-state index is 12.4. The number of nitrogens with zero attached hydrogens (tertiary/aromatic N) is 3. The van der Waals surface area contributed by atoms with Gasteiger partial charge < -0.3 is 9.05 Å². The SMILES string of the molecule is CCc1cc(C(=O)c2ccc(-c3noc(C(F)(F)F)n3)cc2)on1. The van der Waals surface area contributed by atoms with E-state index in [-0.39, 0.29) is 22.9 Å². The number of carbonyl (C=O) groups is 1. The lowest BCUT2D eigenvalue weighted by Crippen LogP contribution is -2.04. The average Bonchev–Trinajstić information content (AvgIpc) is 3.23. The van der Waals surface area contributed by atoms with E-state index in [0.717, 1.165) is 0 Å². The molecule has 0 saturated heterocycles. The normalized spacial score (nSPS) is 11.7. The van der Waals surface area contributed by atoms with Gasteiger partial charge in [-0.3, -0.25) is 4.79 Å². The van der Waals surface area contributed by atoms with Crippen molar-refractivity contribution >= 4 is 5.78 Å². The van der Waals surface area contributed by atoms with Gasteiger partial charge in [-0.2, -0.15) is 18.2 Å². The molecule has 0 aliphatic heterocycles. The van der Waals surface area contributed by atoms with Crippen LogP contribution in [-0.4, -0.2) is 21.1 Å². The fourth-order valence-electron chi connectivity index (χ4n) is 1.95. The molecule has 0 amide bonds. The van der Waals surface area contributed by atoms with Crippen molar-refractivity contribution in [1.29, 1.82) is 0 Å². The first kappa shape index (κ1) is 15.9. The Morgan fingerprint density at radius 2 is 1.83 bits per heavy atom. The highest BCUT2D eigenvalue weighted by Crippen LogP contribution is 2.29. The number of rotatable bonds is 4. The van der Waals surface area contributed by atoms with Crippen LogP contribution in [0.4, 0.5) is 13.2 Å². The molecule has 0 aliphatic carbocycles. The summed E-state index contributed by atoms with van der Waals surface area (Å²) < 4.78 is 46.5. The largest absolute Gasteiger partial charge is 0.471 e. The highest BCUT2D eigenvalue weighted by Gasteiger charge is 2.38. The Morgan fingerprint density at radius 1 is 1.12 bits per heavy atom. The molecule has 0 spiro atoms. The maximum Gasteiger partial charge on any atom is 0.471 e. The molecule has 0 atom stereocenters. The molecule has 124 valence electrons. The van der Waals surface area contributed by atoms with Gasteiger partial charge in [0.2, 0.25) is 17.4 Å². The quantitative estimate of drug-likeness (QED) is 0.677. The molecule has 0 aliphatic rings. The van der Waals surface area contributed by atoms with E-state index in [9.17, 15) is 18.0 Å². The minimum atomic E-state index is -4.70. The number of alkyl halides is 3. The minimum absolute atomic E-state index is 0.0959. The van der Waals surface area contributed by atoms with E-state index < -0.39 is 12.1 Å². The number of aryl methyl sites for hydroxylation is 1. The summed E-state index contributed by atoms with van der Waals surface area (Å²) in [7, 11) is 0. The van der Waals surface area contributed by atoms with E-state index in [1.54, 1.807) is 6.07 Å². The zero-order valence-corrected chi connectivity index (χ0v) is 12.3. The first-order chi connectivity index (χ1) is 11.4. The minimum Gasteiger partial charge on any atom is -0.352 e. The molecular weight excluding hydrogens is 327 g/mol. The van der Waals surface area contributed by atoms with Crippen LogP contribution in [0.3, 0.4) is 0 Å². The molecule has 3 rings (SSSR count). The third-order valence-corrected chi connectivity index (χ3v) is 3.22. The van der Waals surface area contributed by atoms with E-state index in [1.165, 1.54) is 24.3 Å². The summed E-state index contributed by atoms with van der Waals surface area (Å²) in [6.07, 6.45) is -4.07. The standard InChI is InChI=1S/C15H10F3N3O3/c1-2-10-7-11(23-20-10)12(22)8-3-5-9(6-4-8)13-19-14(24-21-13)15(16,17)18/h3-7H,2H2,1H3. The average molecular weight is 337 g/mol. The number of aromatic nitrogens is 3. The second kappa shape index (κ2) is 5.91. The lowest BCUT2D eigenvalue weighted by molar-refractivity contribution is -0.159. The van der Waals surface area contributed by atoms with Gasteiger partial charge in [-0.25, -0.2) is 0 Å². The van der Waals surface area contributed by atoms with E-state index in [1.807, 2.05) is 6.92 Å². The van der Waals surface area contributed by atoms with Crippen LogP contribution in [-0.2, 0) is 12.6 Å². The van der Waals surface area contributed by atoms with Gasteiger partial charge in [0, 0.05) is 17.2 Å². The highest BCUT2D eigenvalue weighted by atomic mass is 19.4. The van der Waals surface area contributed by atoms with Crippen LogP contribution in [0, 0.1) is 0 Å². The van der Waals surface area contributed by atoms with Gasteiger partial charge in [-0.15, -0.1) is 0 Å². The van der Waals surface area contributed by atoms with E-state index in [0.29, 0.717) is 17.7 Å². The van der Waals surface area contributed by atoms with Crippen molar-refractivity contribution in [2.45, 2.75) is 19.5 Å². The summed E-state index contributed by atoms with van der Waals surface area (Å²) >= 11 is 0. The first-order valence-corrected chi connectivity index (χ1v) is 6.90. The van der Waals surface area contributed by atoms with E-state index >= 15 is 0 Å². The van der Waals surface area contributed by atoms with Gasteiger partial charge in [0.1, 0.15) is 0 Å². The van der Waals surface area contributed by atoms with Crippen molar-refractivity contribution in [3.63, 3.8) is 0 Å². The lowest BCUT2D eigenvalue weighted by atomic mass is 10.1. The van der Waals surface area contributed by atoms with Crippen LogP contribution in [0.5, 0.6) is 0 Å². The van der Waals surface area contributed by atoms with Gasteiger partial charge >= 0.3 is 12.1 Å². The molecule has 1 aromatic carbocycles. The molecule has 2 heterocycles. The summed E-state index contributed by atoms with van der Waals surface area (Å²) in [4.78, 5) is 15.5. The molecule has 0 unspecified atom stereocenters. The zero-order chi connectivity index (χ0) is 17.3. The topological polar surface area (TPSA) is 82.0 Å². The molecular formula is C15H10F3N3O3. The summed E-state index contributed by atoms with van der Waals surface area (Å²) in [6.45, 7) is 1.88. The molecule has 6 nitrogen and oxygen atoms in total. The van der Waals surface area contributed by atoms with E-state index in [4.69, 9.17) is 4.52 Å². The summed E-state index contributed by atoms with van der Waals surface area (Å²) in [6, 6.07) is 7.28. The molecule has 9 heteroatoms. The number of carbonyl (C=O) groups excluding carboxylic acids is 1. The fourth-order valence-corrected chi connectivity index (χ4v) is 1.95. The van der Waals surface area contributed by atoms with Crippen LogP contribution in [0.1, 0.15) is 34.6 Å². The number of hydrogen-bond acceptors (Lipinski definition) is 6. The van der Waals surface area contributed by atoms with Crippen LogP contribution >= 0.6 is 0 Å². The number of benzene rings is 1. The smallest absolute Gasteiger partial charge is 0.352 e. The number of halogens is 3. The first-order valence-electron chi connectivity index (χ1n) is 6.90. The zero-order valence-electron chi connectivity index (χ0n) is 12.3. The van der Waals surface area contributed by atoms with Crippen LogP contribution in [0.15, 0.2) is 39.4 Å². The summed E-state index contributed by atoms with van der Waals surface area (Å²) in [5, 5.41) is 7.02. The van der Waals surface area contributed by atoms with Crippen molar-refractivity contribution in [1.82, 2.24) is 15.3 Å². The van der Waals surface area contributed by atoms with Crippen molar-refractivity contribution < 1.29 is 27.0 Å². The third kappa shape index (κ3) is 3.05. The van der Waals surface area contributed by atoms with Crippen LogP contribution < -0.4 is 0 Å². The second-order valence-corrected chi connectivity index (χ2v) is 4.86. The van der Waals surface area contributed by atoms with Gasteiger partial charge in [0.25, 0.3) is 0 Å². The molecule has 0 saturated carbocycles. The summed E-state index contributed by atoms with van der Waals surface area (Å²) in [5.41, 5.74) is 1.25. The highest BCUT2D eigenvalue weighted by molar-refractivity contribution is 6.07. The molecule has 0 N–H and O–H groups in total. The van der Waals surface area contributed by atoms with Gasteiger partial charge in [-0.05, 0) is 6.42 Å². The van der Waals surface area contributed by atoms with E-state index in [2.05, 4.69) is 19.8 Å². The molecule has 2 aromatic heterocycles. The molecule has 0 radical (unpaired) electrons. The lowest BCUT2D eigenvalue weighted by Gasteiger charge is -1.99. The van der Waals surface area contributed by atoms with Gasteiger partial charge in [0.05, 0.1) is 5.69 Å². The monoisotopic (exact) mass is 337 g/mol. The predicted octanol–water partition coefficient (Wildman–Crippen LogP) is 3.54. The van der Waals surface area contributed by atoms with Crippen LogP contribution in [0.25, 0.3) is 11.4 Å². The maximum absolute atomic E-state index is 12.4. The van der Waals surface area contributed by atoms with Gasteiger partial charge in [0.15, 0.2) is 0 Å². The van der Waals surface area contributed by atoms with Crippen molar-refractivity contribution in [3.05, 3.63) is 53.2 Å². The molecule has 3 aromatic rings. The molecule has 24 heavy (non-hydrogen) atoms. The Bertz CT molecular complexity index is 866. The summed E-state index contributed by atoms with van der Waals surface area (Å²) in [5.74, 6) is -1.92. The van der Waals surface area contributed by atoms with Crippen molar-refractivity contribution in [2.75, 3.05) is 0 Å². The van der Waals surface area contributed by atoms with Crippen molar-refractivity contribution in [3.8, 4) is 11.4 Å². The fraction of sp³-hybridized carbons (Fsp3) is 0.200. The number of ketones is 1. The Kier molecular flexibility index (Phi) is 3.92. The second-order valence-electron chi connectivity index (χ2n) is 4.86. The Morgan fingerprint density at radius 3 is 2.38 bits per heavy atom. The van der Waals surface area contributed by atoms with Gasteiger partial charge in [-0.1, -0.05) is 41.5 Å². The predicted molar refractivity (Wildman–Crippen MR) is 74.0 cm³/mol. The Labute approximate surface area is 133 Å². The molecule has 0 bridgehead atoms. The molecule has 0 fully saturated rings. The van der Waals surface area contributed by atoms with Crippen LogP contribution in [0.2, 0.25) is 0 Å². The Balaban J connectivity index is 1.82. The Hall–Kier alpha value is -2.97. The number of hydrogen-bond donors (Lipinski definition) is 0.